The number of morpholine rings is 1. The van der Waals surface area contributed by atoms with Crippen LogP contribution < -0.4 is 5.32 Å². The maximum atomic E-state index is 11.0. The summed E-state index contributed by atoms with van der Waals surface area (Å²) >= 11 is 0. The second-order valence-electron chi connectivity index (χ2n) is 5.56. The van der Waals surface area contributed by atoms with E-state index in [4.69, 9.17) is 4.74 Å². The van der Waals surface area contributed by atoms with Gasteiger partial charge in [0.15, 0.2) is 0 Å². The molecule has 1 aromatic rings. The van der Waals surface area contributed by atoms with E-state index in [0.717, 1.165) is 25.3 Å². The first-order chi connectivity index (χ1) is 10.0. The predicted molar refractivity (Wildman–Crippen MR) is 82.5 cm³/mol. The smallest absolute Gasteiger partial charge is 0.292 e. The molecule has 0 aromatic heterocycles. The Bertz CT molecular complexity index is 507. The number of benzene rings is 1. The molecule has 1 aliphatic rings. The van der Waals surface area contributed by atoms with Crippen molar-refractivity contribution in [3.63, 3.8) is 0 Å². The summed E-state index contributed by atoms with van der Waals surface area (Å²) in [6.45, 7) is 9.20. The molecular weight excluding hydrogens is 270 g/mol. The molecule has 0 radical (unpaired) electrons. The molecule has 0 aliphatic carbocycles. The summed E-state index contributed by atoms with van der Waals surface area (Å²) in [5, 5.41) is 14.1. The third-order valence-electron chi connectivity index (χ3n) is 3.75. The molecule has 1 heterocycles. The van der Waals surface area contributed by atoms with Gasteiger partial charge in [-0.05, 0) is 32.4 Å². The van der Waals surface area contributed by atoms with Crippen LogP contribution in [-0.4, -0.2) is 41.7 Å². The van der Waals surface area contributed by atoms with Gasteiger partial charge in [-0.2, -0.15) is 0 Å². The van der Waals surface area contributed by atoms with E-state index in [1.54, 1.807) is 6.07 Å². The fraction of sp³-hybridized carbons (Fsp3) is 0.600. The lowest BCUT2D eigenvalue weighted by Gasteiger charge is -2.36. The summed E-state index contributed by atoms with van der Waals surface area (Å²) in [6.07, 6.45) is 0.229. The lowest BCUT2D eigenvalue weighted by atomic mass is 10.1. The first-order valence-electron chi connectivity index (χ1n) is 7.38. The number of anilines is 1. The minimum atomic E-state index is -0.346. The van der Waals surface area contributed by atoms with Crippen LogP contribution in [0.3, 0.4) is 0 Å². The number of hydrogen-bond acceptors (Lipinski definition) is 5. The van der Waals surface area contributed by atoms with Gasteiger partial charge in [0, 0.05) is 31.7 Å². The molecule has 116 valence electrons. The predicted octanol–water partition coefficient (Wildman–Crippen LogP) is 2.64. The Hall–Kier alpha value is -1.66. The van der Waals surface area contributed by atoms with E-state index in [1.807, 2.05) is 19.1 Å². The summed E-state index contributed by atoms with van der Waals surface area (Å²) in [6, 6.07) is 5.67. The summed E-state index contributed by atoms with van der Waals surface area (Å²) in [5.74, 6) is 0. The lowest BCUT2D eigenvalue weighted by Crippen LogP contribution is -2.46. The first kappa shape index (κ1) is 15.7. The van der Waals surface area contributed by atoms with Crippen LogP contribution >= 0.6 is 0 Å². The van der Waals surface area contributed by atoms with Crippen molar-refractivity contribution in [3.05, 3.63) is 33.9 Å². The van der Waals surface area contributed by atoms with Gasteiger partial charge in [-0.25, -0.2) is 0 Å². The highest BCUT2D eigenvalue weighted by Crippen LogP contribution is 2.26. The molecule has 1 fully saturated rings. The average Bonchev–Trinajstić information content (AvgIpc) is 2.43. The van der Waals surface area contributed by atoms with Gasteiger partial charge in [-0.3, -0.25) is 15.0 Å². The molecule has 2 atom stereocenters. The third kappa shape index (κ3) is 3.92. The van der Waals surface area contributed by atoms with Crippen molar-refractivity contribution >= 4 is 11.4 Å². The highest BCUT2D eigenvalue weighted by atomic mass is 16.6. The number of hydrogen-bond donors (Lipinski definition) is 1. The molecule has 0 saturated carbocycles. The minimum absolute atomic E-state index is 0.129. The molecule has 2 rings (SSSR count). The maximum Gasteiger partial charge on any atom is 0.292 e. The van der Waals surface area contributed by atoms with Crippen molar-refractivity contribution in [3.8, 4) is 0 Å². The normalized spacial score (nSPS) is 23.0. The van der Waals surface area contributed by atoms with Crippen LogP contribution in [0.1, 0.15) is 26.3 Å². The second-order valence-corrected chi connectivity index (χ2v) is 5.56. The molecule has 0 bridgehead atoms. The summed E-state index contributed by atoms with van der Waals surface area (Å²) < 4.78 is 5.63. The van der Waals surface area contributed by atoms with Crippen LogP contribution in [0, 0.1) is 10.1 Å². The van der Waals surface area contributed by atoms with Crippen molar-refractivity contribution in [2.45, 2.75) is 39.5 Å². The average molecular weight is 293 g/mol. The SMILES string of the molecule is CCNc1cc(CN2CC(C)OCC2C)ccc1[N+](=O)[O-]. The molecule has 6 nitrogen and oxygen atoms in total. The van der Waals surface area contributed by atoms with E-state index >= 15 is 0 Å². The quantitative estimate of drug-likeness (QED) is 0.667. The standard InChI is InChI=1S/C15H23N3O3/c1-4-16-14-7-13(5-6-15(14)18(19)20)9-17-8-12(3)21-10-11(17)2/h5-7,11-12,16H,4,8-10H2,1-3H3. The van der Waals surface area contributed by atoms with Crippen LogP contribution in [0.25, 0.3) is 0 Å². The third-order valence-corrected chi connectivity index (χ3v) is 3.75. The van der Waals surface area contributed by atoms with Crippen molar-refractivity contribution in [1.29, 1.82) is 0 Å². The maximum absolute atomic E-state index is 11.0. The van der Waals surface area contributed by atoms with Crippen LogP contribution in [0.5, 0.6) is 0 Å². The summed E-state index contributed by atoms with van der Waals surface area (Å²) in [7, 11) is 0. The number of nitrogens with zero attached hydrogens (tertiary/aromatic N) is 2. The van der Waals surface area contributed by atoms with E-state index in [9.17, 15) is 10.1 Å². The van der Waals surface area contributed by atoms with Gasteiger partial charge in [-0.15, -0.1) is 0 Å². The van der Waals surface area contributed by atoms with Crippen molar-refractivity contribution in [2.24, 2.45) is 0 Å². The topological polar surface area (TPSA) is 67.6 Å². The van der Waals surface area contributed by atoms with Gasteiger partial charge in [0.25, 0.3) is 5.69 Å². The molecule has 2 unspecified atom stereocenters. The van der Waals surface area contributed by atoms with Crippen LogP contribution in [0.2, 0.25) is 0 Å². The van der Waals surface area contributed by atoms with Crippen molar-refractivity contribution in [2.75, 3.05) is 25.0 Å². The van der Waals surface area contributed by atoms with E-state index in [0.29, 0.717) is 18.3 Å². The van der Waals surface area contributed by atoms with Crippen LogP contribution in [0.4, 0.5) is 11.4 Å². The molecule has 21 heavy (non-hydrogen) atoms. The molecule has 0 amide bonds. The number of ether oxygens (including phenoxy) is 1. The Morgan fingerprint density at radius 2 is 2.24 bits per heavy atom. The van der Waals surface area contributed by atoms with Gasteiger partial charge in [0.05, 0.1) is 17.6 Å². The first-order valence-corrected chi connectivity index (χ1v) is 7.38. The fourth-order valence-electron chi connectivity index (χ4n) is 2.60. The highest BCUT2D eigenvalue weighted by molar-refractivity contribution is 5.62. The fourth-order valence-corrected chi connectivity index (χ4v) is 2.60. The molecule has 1 saturated heterocycles. The summed E-state index contributed by atoms with van der Waals surface area (Å²) in [4.78, 5) is 13.0. The Balaban J connectivity index is 2.16. The zero-order valence-electron chi connectivity index (χ0n) is 12.8. The summed E-state index contributed by atoms with van der Waals surface area (Å²) in [5.41, 5.74) is 1.80. The molecule has 0 spiro atoms. The van der Waals surface area contributed by atoms with Crippen LogP contribution in [-0.2, 0) is 11.3 Å². The number of nitro benzene ring substituents is 1. The number of nitro groups is 1. The Morgan fingerprint density at radius 3 is 2.90 bits per heavy atom. The van der Waals surface area contributed by atoms with Gasteiger partial charge in [0.1, 0.15) is 5.69 Å². The largest absolute Gasteiger partial charge is 0.380 e. The van der Waals surface area contributed by atoms with Gasteiger partial charge in [-0.1, -0.05) is 6.07 Å². The molecule has 6 heteroatoms. The highest BCUT2D eigenvalue weighted by Gasteiger charge is 2.24. The minimum Gasteiger partial charge on any atom is -0.380 e. The number of nitrogens with one attached hydrogen (secondary N) is 1. The zero-order valence-corrected chi connectivity index (χ0v) is 12.8. The second kappa shape index (κ2) is 6.87. The van der Waals surface area contributed by atoms with Gasteiger partial charge in [0.2, 0.25) is 0 Å². The molecular formula is C15H23N3O3. The monoisotopic (exact) mass is 293 g/mol. The number of rotatable bonds is 5. The van der Waals surface area contributed by atoms with E-state index in [2.05, 4.69) is 24.1 Å². The van der Waals surface area contributed by atoms with E-state index in [-0.39, 0.29) is 16.7 Å². The van der Waals surface area contributed by atoms with E-state index in [1.165, 1.54) is 0 Å². The van der Waals surface area contributed by atoms with Crippen LogP contribution in [0.15, 0.2) is 18.2 Å². The van der Waals surface area contributed by atoms with Crippen molar-refractivity contribution < 1.29 is 9.66 Å². The Kier molecular flexibility index (Phi) is 5.14. The molecule has 1 aromatic carbocycles. The Labute approximate surface area is 125 Å². The zero-order chi connectivity index (χ0) is 15.4. The lowest BCUT2D eigenvalue weighted by molar-refractivity contribution is -0.384. The van der Waals surface area contributed by atoms with Gasteiger partial charge >= 0.3 is 0 Å². The molecule has 1 N–H and O–H groups in total. The Morgan fingerprint density at radius 1 is 1.48 bits per heavy atom. The molecule has 1 aliphatic heterocycles. The van der Waals surface area contributed by atoms with Crippen molar-refractivity contribution in [1.82, 2.24) is 4.90 Å². The van der Waals surface area contributed by atoms with Gasteiger partial charge < -0.3 is 10.1 Å². The van der Waals surface area contributed by atoms with E-state index < -0.39 is 0 Å².